The Morgan fingerprint density at radius 3 is 2.33 bits per heavy atom. The molecule has 2 unspecified atom stereocenters. The molecule has 2 amide bonds. The Kier molecular flexibility index (Phi) is 12.2. The molecule has 5 rings (SSSR count). The van der Waals surface area contributed by atoms with E-state index in [0.29, 0.717) is 63.7 Å². The zero-order valence-corrected chi connectivity index (χ0v) is 28.1. The van der Waals surface area contributed by atoms with E-state index in [0.717, 1.165) is 24.0 Å². The molecule has 3 aromatic carbocycles. The van der Waals surface area contributed by atoms with E-state index in [1.807, 2.05) is 18.7 Å². The highest BCUT2D eigenvalue weighted by atomic mass is 35.5. The van der Waals surface area contributed by atoms with Crippen molar-refractivity contribution in [2.45, 2.75) is 51.7 Å². The van der Waals surface area contributed by atoms with Crippen LogP contribution in [0.15, 0.2) is 48.5 Å². The highest BCUT2D eigenvalue weighted by Crippen LogP contribution is 2.34. The number of hydrogen-bond acceptors (Lipinski definition) is 5. The molecule has 0 spiro atoms. The molecule has 7 nitrogen and oxygen atoms in total. The van der Waals surface area contributed by atoms with Crippen molar-refractivity contribution >= 4 is 59.0 Å². The van der Waals surface area contributed by atoms with Crippen LogP contribution in [0.1, 0.15) is 46.3 Å². The van der Waals surface area contributed by atoms with E-state index >= 15 is 0 Å². The summed E-state index contributed by atoms with van der Waals surface area (Å²) < 4.78 is 25.1. The summed E-state index contributed by atoms with van der Waals surface area (Å²) in [6, 6.07) is 12.8. The largest absolute Gasteiger partial charge is 0.490 e. The molecule has 2 atom stereocenters. The van der Waals surface area contributed by atoms with Crippen molar-refractivity contribution in [2.75, 3.05) is 26.3 Å². The van der Waals surface area contributed by atoms with Gasteiger partial charge in [0.15, 0.2) is 5.75 Å². The maximum Gasteiger partial charge on any atom is 0.251 e. The highest BCUT2D eigenvalue weighted by molar-refractivity contribution is 6.37. The average molecular weight is 699 g/mol. The second-order valence-corrected chi connectivity index (χ2v) is 12.6. The van der Waals surface area contributed by atoms with Crippen LogP contribution in [0.25, 0.3) is 0 Å². The fraction of sp³-hybridized carbons (Fsp3) is 0.394. The Labute approximate surface area is 284 Å². The standard InChI is InChI=1S/C33H35Cl3FN3O4.ClH/c1-19-13-28(35)31(29(36)14-19)44-12-11-43-24-7-8-25(20(2)15-24)32(41)39-30-9-10-38-17-26(30)33(42)40(23-5-6-23)18-21-3-4-22(37)16-27(21)34;/h3-4,7-8,13-16,23,26,30,38H,5-6,9-12,17-18H2,1-2H3,(H,39,41);1H. The summed E-state index contributed by atoms with van der Waals surface area (Å²) in [4.78, 5) is 29.1. The van der Waals surface area contributed by atoms with Gasteiger partial charge in [-0.2, -0.15) is 0 Å². The van der Waals surface area contributed by atoms with Gasteiger partial charge >= 0.3 is 0 Å². The fourth-order valence-electron chi connectivity index (χ4n) is 5.46. The predicted molar refractivity (Wildman–Crippen MR) is 178 cm³/mol. The van der Waals surface area contributed by atoms with Crippen LogP contribution in [0, 0.1) is 25.6 Å². The van der Waals surface area contributed by atoms with Gasteiger partial charge in [0.05, 0.1) is 16.0 Å². The Morgan fingerprint density at radius 2 is 1.67 bits per heavy atom. The molecule has 1 heterocycles. The van der Waals surface area contributed by atoms with Gasteiger partial charge in [-0.05, 0) is 98.8 Å². The Hall–Kier alpha value is -2.75. The number of benzene rings is 3. The highest BCUT2D eigenvalue weighted by Gasteiger charge is 2.40. The molecule has 2 N–H and O–H groups in total. The monoisotopic (exact) mass is 697 g/mol. The molecule has 242 valence electrons. The molecule has 0 radical (unpaired) electrons. The van der Waals surface area contributed by atoms with Gasteiger partial charge in [-0.25, -0.2) is 4.39 Å². The number of aryl methyl sites for hydroxylation is 2. The maximum atomic E-state index is 13.8. The summed E-state index contributed by atoms with van der Waals surface area (Å²) in [6.45, 7) is 5.68. The first-order chi connectivity index (χ1) is 21.1. The molecule has 45 heavy (non-hydrogen) atoms. The Bertz CT molecular complexity index is 1510. The topological polar surface area (TPSA) is 79.9 Å². The van der Waals surface area contributed by atoms with Crippen LogP contribution in [-0.2, 0) is 11.3 Å². The number of carbonyl (C=O) groups is 2. The molecule has 0 bridgehead atoms. The number of ether oxygens (including phenoxy) is 2. The summed E-state index contributed by atoms with van der Waals surface area (Å²) in [5, 5.41) is 7.60. The average Bonchev–Trinajstić information content (AvgIpc) is 3.81. The van der Waals surface area contributed by atoms with Crippen molar-refractivity contribution in [3.8, 4) is 11.5 Å². The summed E-state index contributed by atoms with van der Waals surface area (Å²) in [5.74, 6) is -0.129. The van der Waals surface area contributed by atoms with Crippen LogP contribution < -0.4 is 20.1 Å². The molecule has 2 aliphatic rings. The fourth-order valence-corrected chi connectivity index (χ4v) is 6.40. The van der Waals surface area contributed by atoms with Crippen molar-refractivity contribution < 1.29 is 23.5 Å². The quantitative estimate of drug-likeness (QED) is 0.208. The van der Waals surface area contributed by atoms with Gasteiger partial charge in [0.1, 0.15) is 24.8 Å². The smallest absolute Gasteiger partial charge is 0.251 e. The van der Waals surface area contributed by atoms with Crippen LogP contribution in [0.5, 0.6) is 11.5 Å². The van der Waals surface area contributed by atoms with Crippen LogP contribution in [-0.4, -0.2) is 55.1 Å². The number of nitrogens with one attached hydrogen (secondary N) is 2. The van der Waals surface area contributed by atoms with Crippen LogP contribution in [0.4, 0.5) is 4.39 Å². The van der Waals surface area contributed by atoms with Crippen molar-refractivity contribution in [1.82, 2.24) is 15.5 Å². The summed E-state index contributed by atoms with van der Waals surface area (Å²) in [6.07, 6.45) is 2.44. The van der Waals surface area contributed by atoms with Crippen LogP contribution in [0.3, 0.4) is 0 Å². The Morgan fingerprint density at radius 1 is 0.956 bits per heavy atom. The third-order valence-electron chi connectivity index (χ3n) is 7.93. The maximum absolute atomic E-state index is 13.8. The number of halogens is 5. The lowest BCUT2D eigenvalue weighted by atomic mass is 9.91. The second kappa shape index (κ2) is 15.7. The molecule has 0 aromatic heterocycles. The van der Waals surface area contributed by atoms with E-state index in [2.05, 4.69) is 10.6 Å². The van der Waals surface area contributed by atoms with Gasteiger partial charge in [0.2, 0.25) is 5.91 Å². The van der Waals surface area contributed by atoms with Crippen molar-refractivity contribution in [3.05, 3.63) is 91.7 Å². The van der Waals surface area contributed by atoms with E-state index in [1.165, 1.54) is 12.1 Å². The molecular formula is C33H36Cl4FN3O4. The SMILES string of the molecule is Cc1cc(Cl)c(OCCOc2ccc(C(=O)NC3CCNCC3C(=O)N(Cc3ccc(F)cc3Cl)C3CC3)c(C)c2)c(Cl)c1.Cl. The van der Waals surface area contributed by atoms with Crippen molar-refractivity contribution in [2.24, 2.45) is 5.92 Å². The van der Waals surface area contributed by atoms with Gasteiger partial charge in [-0.3, -0.25) is 9.59 Å². The third-order valence-corrected chi connectivity index (χ3v) is 8.84. The number of nitrogens with zero attached hydrogens (tertiary/aromatic N) is 1. The predicted octanol–water partition coefficient (Wildman–Crippen LogP) is 7.18. The number of piperidine rings is 1. The second-order valence-electron chi connectivity index (χ2n) is 11.3. The van der Waals surface area contributed by atoms with Gasteiger partial charge in [0.25, 0.3) is 5.91 Å². The molecule has 1 aliphatic carbocycles. The van der Waals surface area contributed by atoms with E-state index in [9.17, 15) is 14.0 Å². The third kappa shape index (κ3) is 8.95. The van der Waals surface area contributed by atoms with Crippen LogP contribution in [0.2, 0.25) is 15.1 Å². The number of carbonyl (C=O) groups excluding carboxylic acids is 2. The minimum atomic E-state index is -0.439. The van der Waals surface area contributed by atoms with Crippen LogP contribution >= 0.6 is 47.2 Å². The molecule has 1 aliphatic heterocycles. The first kappa shape index (κ1) is 35.1. The van der Waals surface area contributed by atoms with Crippen molar-refractivity contribution in [1.29, 1.82) is 0 Å². The van der Waals surface area contributed by atoms with Crippen molar-refractivity contribution in [3.63, 3.8) is 0 Å². The summed E-state index contributed by atoms with van der Waals surface area (Å²) >= 11 is 18.8. The molecular weight excluding hydrogens is 663 g/mol. The van der Waals surface area contributed by atoms with E-state index in [4.69, 9.17) is 44.3 Å². The van der Waals surface area contributed by atoms with Gasteiger partial charge in [0, 0.05) is 35.8 Å². The molecule has 1 saturated carbocycles. The lowest BCUT2D eigenvalue weighted by Crippen LogP contribution is -2.55. The lowest BCUT2D eigenvalue weighted by Gasteiger charge is -2.36. The Balaban J connectivity index is 0.00000461. The number of amides is 2. The lowest BCUT2D eigenvalue weighted by molar-refractivity contribution is -0.138. The summed E-state index contributed by atoms with van der Waals surface area (Å²) in [5.41, 5.74) is 2.89. The first-order valence-corrected chi connectivity index (χ1v) is 15.8. The van der Waals surface area contributed by atoms with E-state index in [1.54, 1.807) is 36.4 Å². The van der Waals surface area contributed by atoms with Gasteiger partial charge < -0.3 is 25.0 Å². The number of rotatable bonds is 11. The molecule has 12 heteroatoms. The molecule has 1 saturated heterocycles. The van der Waals surface area contributed by atoms with E-state index in [-0.39, 0.29) is 49.5 Å². The summed E-state index contributed by atoms with van der Waals surface area (Å²) in [7, 11) is 0. The molecule has 2 fully saturated rings. The first-order valence-electron chi connectivity index (χ1n) is 14.7. The van der Waals surface area contributed by atoms with E-state index < -0.39 is 11.7 Å². The van der Waals surface area contributed by atoms with Gasteiger partial charge in [-0.1, -0.05) is 40.9 Å². The molecule has 3 aromatic rings. The zero-order chi connectivity index (χ0) is 31.4. The zero-order valence-electron chi connectivity index (χ0n) is 25.0. The number of hydrogen-bond donors (Lipinski definition) is 2. The normalized spacial score (nSPS) is 17.6. The minimum Gasteiger partial charge on any atom is -0.490 e. The minimum absolute atomic E-state index is 0. The van der Waals surface area contributed by atoms with Gasteiger partial charge in [-0.15, -0.1) is 12.4 Å².